The smallest absolute Gasteiger partial charge is 0.149 e. The molecule has 0 aliphatic rings. The van der Waals surface area contributed by atoms with Crippen LogP contribution in [0.5, 0.6) is 0 Å². The summed E-state index contributed by atoms with van der Waals surface area (Å²) >= 11 is 0. The molecule has 1 atom stereocenters. The lowest BCUT2D eigenvalue weighted by Gasteiger charge is -2.12. The number of rotatable bonds is 5. The van der Waals surface area contributed by atoms with Gasteiger partial charge in [-0.15, -0.1) is 10.2 Å². The van der Waals surface area contributed by atoms with Gasteiger partial charge in [-0.25, -0.2) is 0 Å². The van der Waals surface area contributed by atoms with Crippen molar-refractivity contribution in [2.24, 2.45) is 5.73 Å². The van der Waals surface area contributed by atoms with Gasteiger partial charge in [0.2, 0.25) is 0 Å². The summed E-state index contributed by atoms with van der Waals surface area (Å²) in [6.45, 7) is 7.22. The largest absolute Gasteiger partial charge is 0.321 e. The molecule has 0 aromatic carbocycles. The Morgan fingerprint density at radius 3 is 2.57 bits per heavy atom. The van der Waals surface area contributed by atoms with Crippen LogP contribution in [0.15, 0.2) is 0 Å². The van der Waals surface area contributed by atoms with Gasteiger partial charge < -0.3 is 10.3 Å². The van der Waals surface area contributed by atoms with Crippen molar-refractivity contribution in [1.29, 1.82) is 0 Å². The van der Waals surface area contributed by atoms with Gasteiger partial charge in [0.1, 0.15) is 11.6 Å². The Hall–Kier alpha value is -0.900. The molecule has 80 valence electrons. The fraction of sp³-hybridized carbons (Fsp3) is 0.800. The van der Waals surface area contributed by atoms with E-state index in [1.807, 2.05) is 6.92 Å². The molecule has 0 saturated heterocycles. The lowest BCUT2D eigenvalue weighted by atomic mass is 10.1. The van der Waals surface area contributed by atoms with Gasteiger partial charge in [-0.05, 0) is 19.8 Å². The van der Waals surface area contributed by atoms with Crippen molar-refractivity contribution < 1.29 is 0 Å². The number of aromatic nitrogens is 3. The topological polar surface area (TPSA) is 56.7 Å². The predicted molar refractivity (Wildman–Crippen MR) is 56.9 cm³/mol. The molecule has 4 heteroatoms. The number of hydrogen-bond donors (Lipinski definition) is 1. The first-order valence-electron chi connectivity index (χ1n) is 5.36. The van der Waals surface area contributed by atoms with Crippen molar-refractivity contribution in [3.8, 4) is 0 Å². The van der Waals surface area contributed by atoms with Crippen molar-refractivity contribution in [1.82, 2.24) is 14.8 Å². The fourth-order valence-corrected chi connectivity index (χ4v) is 1.61. The lowest BCUT2D eigenvalue weighted by molar-refractivity contribution is 0.538. The van der Waals surface area contributed by atoms with E-state index in [1.165, 1.54) is 0 Å². The number of nitrogens with zero attached hydrogens (tertiary/aromatic N) is 3. The highest BCUT2D eigenvalue weighted by Crippen LogP contribution is 2.14. The third kappa shape index (κ3) is 2.32. The summed E-state index contributed by atoms with van der Waals surface area (Å²) in [6, 6.07) is 0.0350. The first-order chi connectivity index (χ1) is 6.70. The number of nitrogens with two attached hydrogens (primary N) is 1. The van der Waals surface area contributed by atoms with Gasteiger partial charge in [0, 0.05) is 6.54 Å². The molecule has 1 unspecified atom stereocenters. The Kier molecular flexibility index (Phi) is 4.07. The molecule has 0 spiro atoms. The summed E-state index contributed by atoms with van der Waals surface area (Å²) < 4.78 is 2.13. The second kappa shape index (κ2) is 5.10. The van der Waals surface area contributed by atoms with Crippen molar-refractivity contribution >= 4 is 0 Å². The Balaban J connectivity index is 2.84. The Morgan fingerprint density at radius 1 is 1.29 bits per heavy atom. The van der Waals surface area contributed by atoms with E-state index < -0.39 is 0 Å². The molecule has 14 heavy (non-hydrogen) atoms. The van der Waals surface area contributed by atoms with Crippen LogP contribution in [-0.4, -0.2) is 14.8 Å². The minimum absolute atomic E-state index is 0.0350. The van der Waals surface area contributed by atoms with E-state index in [1.54, 1.807) is 0 Å². The summed E-state index contributed by atoms with van der Waals surface area (Å²) in [7, 11) is 0. The third-order valence-corrected chi connectivity index (χ3v) is 2.34. The van der Waals surface area contributed by atoms with Gasteiger partial charge in [-0.3, -0.25) is 0 Å². The minimum Gasteiger partial charge on any atom is -0.321 e. The predicted octanol–water partition coefficient (Wildman–Crippen LogP) is 1.80. The zero-order valence-corrected chi connectivity index (χ0v) is 9.32. The summed E-state index contributed by atoms with van der Waals surface area (Å²) in [5.74, 6) is 1.90. The van der Waals surface area contributed by atoms with Crippen LogP contribution >= 0.6 is 0 Å². The lowest BCUT2D eigenvalue weighted by Crippen LogP contribution is -2.17. The number of aryl methyl sites for hydroxylation is 1. The molecule has 1 heterocycles. The van der Waals surface area contributed by atoms with E-state index in [9.17, 15) is 0 Å². The Bertz CT molecular complexity index is 280. The maximum absolute atomic E-state index is 6.03. The van der Waals surface area contributed by atoms with E-state index >= 15 is 0 Å². The molecular weight excluding hydrogens is 176 g/mol. The molecule has 1 rings (SSSR count). The van der Waals surface area contributed by atoms with Gasteiger partial charge in [0.25, 0.3) is 0 Å². The van der Waals surface area contributed by atoms with Crippen molar-refractivity contribution in [3.05, 3.63) is 11.6 Å². The van der Waals surface area contributed by atoms with E-state index in [0.717, 1.165) is 37.5 Å². The summed E-state index contributed by atoms with van der Waals surface area (Å²) in [4.78, 5) is 0. The second-order valence-electron chi connectivity index (χ2n) is 3.65. The summed E-state index contributed by atoms with van der Waals surface area (Å²) in [5.41, 5.74) is 6.03. The molecule has 0 fully saturated rings. The Morgan fingerprint density at radius 2 is 2.00 bits per heavy atom. The van der Waals surface area contributed by atoms with Crippen LogP contribution in [-0.2, 0) is 6.54 Å². The molecule has 1 aromatic heterocycles. The van der Waals surface area contributed by atoms with Crippen molar-refractivity contribution in [2.45, 2.75) is 52.6 Å². The molecule has 0 saturated carbocycles. The highest BCUT2D eigenvalue weighted by Gasteiger charge is 2.14. The molecule has 0 aliphatic heterocycles. The zero-order chi connectivity index (χ0) is 10.6. The maximum atomic E-state index is 6.03. The van der Waals surface area contributed by atoms with Crippen molar-refractivity contribution in [3.63, 3.8) is 0 Å². The van der Waals surface area contributed by atoms with Crippen LogP contribution in [0.3, 0.4) is 0 Å². The monoisotopic (exact) mass is 196 g/mol. The average molecular weight is 196 g/mol. The van der Waals surface area contributed by atoms with Crippen LogP contribution in [0.2, 0.25) is 0 Å². The van der Waals surface area contributed by atoms with Crippen LogP contribution in [0.25, 0.3) is 0 Å². The van der Waals surface area contributed by atoms with E-state index in [2.05, 4.69) is 28.6 Å². The van der Waals surface area contributed by atoms with Gasteiger partial charge in [-0.1, -0.05) is 20.3 Å². The average Bonchev–Trinajstić information content (AvgIpc) is 2.50. The van der Waals surface area contributed by atoms with Crippen molar-refractivity contribution in [2.75, 3.05) is 0 Å². The van der Waals surface area contributed by atoms with E-state index in [0.29, 0.717) is 0 Å². The Labute approximate surface area is 85.5 Å². The molecule has 0 aliphatic carbocycles. The zero-order valence-electron chi connectivity index (χ0n) is 9.32. The van der Waals surface area contributed by atoms with Crippen LogP contribution in [0.1, 0.15) is 50.8 Å². The van der Waals surface area contributed by atoms with Gasteiger partial charge >= 0.3 is 0 Å². The minimum atomic E-state index is 0.0350. The molecule has 0 amide bonds. The first-order valence-corrected chi connectivity index (χ1v) is 5.36. The summed E-state index contributed by atoms with van der Waals surface area (Å²) in [6.07, 6.45) is 3.14. The molecule has 2 N–H and O–H groups in total. The van der Waals surface area contributed by atoms with Gasteiger partial charge in [0.05, 0.1) is 6.04 Å². The molecule has 1 aromatic rings. The second-order valence-corrected chi connectivity index (χ2v) is 3.65. The fourth-order valence-electron chi connectivity index (χ4n) is 1.61. The highest BCUT2D eigenvalue weighted by atomic mass is 15.3. The first kappa shape index (κ1) is 11.2. The van der Waals surface area contributed by atoms with E-state index in [-0.39, 0.29) is 6.04 Å². The van der Waals surface area contributed by atoms with Gasteiger partial charge in [-0.2, -0.15) is 0 Å². The normalized spacial score (nSPS) is 13.1. The maximum Gasteiger partial charge on any atom is 0.149 e. The molecule has 0 radical (unpaired) electrons. The summed E-state index contributed by atoms with van der Waals surface area (Å²) in [5, 5.41) is 8.21. The van der Waals surface area contributed by atoms with Crippen LogP contribution in [0.4, 0.5) is 0 Å². The molecule has 0 bridgehead atoms. The quantitative estimate of drug-likeness (QED) is 0.781. The van der Waals surface area contributed by atoms with Gasteiger partial charge in [0.15, 0.2) is 0 Å². The SMILES string of the molecule is CCCC(N)c1nnc(C)n1CCC. The standard InChI is InChI=1S/C10H20N4/c1-4-6-9(11)10-13-12-8(3)14(10)7-5-2/h9H,4-7,11H2,1-3H3. The molecular formula is C10H20N4. The third-order valence-electron chi connectivity index (χ3n) is 2.34. The number of hydrogen-bond acceptors (Lipinski definition) is 3. The highest BCUT2D eigenvalue weighted by molar-refractivity contribution is 4.99. The van der Waals surface area contributed by atoms with Crippen LogP contribution in [0, 0.1) is 6.92 Å². The van der Waals surface area contributed by atoms with E-state index in [4.69, 9.17) is 5.73 Å². The molecule has 4 nitrogen and oxygen atoms in total. The van der Waals surface area contributed by atoms with Crippen LogP contribution < -0.4 is 5.73 Å².